The molecular weight excluding hydrogens is 829 g/mol. The molecular formula is C64H30N2O2. The van der Waals surface area contributed by atoms with Crippen molar-refractivity contribution >= 4 is 103 Å². The molecule has 0 fully saturated rings. The first-order chi connectivity index (χ1) is 33.6. The molecule has 0 aliphatic heterocycles. The number of nitriles is 1. The van der Waals surface area contributed by atoms with Crippen LogP contribution in [0.15, 0.2) is 191 Å². The summed E-state index contributed by atoms with van der Waals surface area (Å²) in [6.07, 6.45) is 0. The molecule has 0 spiro atoms. The minimum Gasteiger partial charge on any atom is -0.457 e. The Morgan fingerprint density at radius 1 is 0.353 bits per heavy atom. The van der Waals surface area contributed by atoms with Crippen molar-refractivity contribution in [2.75, 3.05) is 0 Å². The summed E-state index contributed by atoms with van der Waals surface area (Å²) in [5, 5.41) is 25.8. The fourth-order valence-corrected chi connectivity index (χ4v) is 12.3. The molecule has 68 heavy (non-hydrogen) atoms. The van der Waals surface area contributed by atoms with Gasteiger partial charge in [-0.3, -0.25) is 0 Å². The number of hydrogen-bond acceptors (Lipinski definition) is 3. The Kier molecular flexibility index (Phi) is 6.66. The van der Waals surface area contributed by atoms with Crippen molar-refractivity contribution in [2.24, 2.45) is 0 Å². The smallest absolute Gasteiger partial charge is 0.190 e. The molecule has 14 aromatic rings. The average molecular weight is 859 g/mol. The third-order valence-electron chi connectivity index (χ3n) is 15.1. The maximum absolute atomic E-state index is 9.85. The average Bonchev–Trinajstić information content (AvgIpc) is 4.14. The first-order valence-electron chi connectivity index (χ1n) is 22.9. The van der Waals surface area contributed by atoms with Crippen molar-refractivity contribution in [1.82, 2.24) is 0 Å². The molecule has 0 radical (unpaired) electrons. The minimum atomic E-state index is 0.552. The molecule has 4 heteroatoms. The van der Waals surface area contributed by atoms with Gasteiger partial charge in [0.15, 0.2) is 5.69 Å². The van der Waals surface area contributed by atoms with Gasteiger partial charge >= 0.3 is 0 Å². The molecule has 0 unspecified atom stereocenters. The van der Waals surface area contributed by atoms with E-state index >= 15 is 0 Å². The van der Waals surface area contributed by atoms with Crippen molar-refractivity contribution in [3.63, 3.8) is 0 Å². The second-order valence-electron chi connectivity index (χ2n) is 18.4. The molecule has 12 aromatic carbocycles. The van der Waals surface area contributed by atoms with Gasteiger partial charge in [-0.2, -0.15) is 5.26 Å². The Bertz CT molecular complexity index is 4810. The van der Waals surface area contributed by atoms with Crippen LogP contribution in [0.25, 0.3) is 169 Å². The lowest BCUT2D eigenvalue weighted by molar-refractivity contribution is 0.669. The van der Waals surface area contributed by atoms with E-state index in [0.29, 0.717) is 22.4 Å². The lowest BCUT2D eigenvalue weighted by Gasteiger charge is -2.19. The van der Waals surface area contributed by atoms with Crippen LogP contribution < -0.4 is 0 Å². The summed E-state index contributed by atoms with van der Waals surface area (Å²) in [7, 11) is 0. The lowest BCUT2D eigenvalue weighted by atomic mass is 9.83. The van der Waals surface area contributed by atoms with Crippen LogP contribution in [0.4, 0.5) is 5.69 Å². The third kappa shape index (κ3) is 4.47. The summed E-state index contributed by atoms with van der Waals surface area (Å²) in [4.78, 5) is 3.73. The predicted molar refractivity (Wildman–Crippen MR) is 279 cm³/mol. The van der Waals surface area contributed by atoms with E-state index in [0.717, 1.165) is 76.5 Å². The molecule has 2 aromatic heterocycles. The fourth-order valence-electron chi connectivity index (χ4n) is 12.3. The van der Waals surface area contributed by atoms with Crippen LogP contribution in [0.3, 0.4) is 0 Å². The Morgan fingerprint density at radius 3 is 1.56 bits per heavy atom. The summed E-state index contributed by atoms with van der Waals surface area (Å²) in [5.74, 6) is 0. The molecule has 2 aliphatic carbocycles. The first-order valence-corrected chi connectivity index (χ1v) is 22.9. The third-order valence-corrected chi connectivity index (χ3v) is 15.1. The van der Waals surface area contributed by atoms with Gasteiger partial charge in [0.1, 0.15) is 22.3 Å². The highest BCUT2D eigenvalue weighted by Gasteiger charge is 2.30. The summed E-state index contributed by atoms with van der Waals surface area (Å²) in [6, 6.07) is 67.7. The van der Waals surface area contributed by atoms with E-state index in [1.54, 1.807) is 0 Å². The zero-order valence-corrected chi connectivity index (χ0v) is 36.0. The SMILES string of the molecule is [C-]#[N+]c1ccc2c(c1)oc1c(-c3cc4c5cc6c(c(-c7cccc8c7oc7cc(C#N)ccc78)c5ccc4c4cc5c(cc34)-c3cccc4cccc-5c34)-c3cccc4cccc-6c34)cccc12. The summed E-state index contributed by atoms with van der Waals surface area (Å²) < 4.78 is 13.7. The van der Waals surface area contributed by atoms with Gasteiger partial charge in [0, 0.05) is 38.2 Å². The highest BCUT2D eigenvalue weighted by Crippen LogP contribution is 2.57. The van der Waals surface area contributed by atoms with Gasteiger partial charge in [0.2, 0.25) is 0 Å². The van der Waals surface area contributed by atoms with Gasteiger partial charge < -0.3 is 8.83 Å². The van der Waals surface area contributed by atoms with Gasteiger partial charge in [0.25, 0.3) is 0 Å². The quantitative estimate of drug-likeness (QED) is 0.129. The van der Waals surface area contributed by atoms with E-state index in [9.17, 15) is 5.26 Å². The second kappa shape index (κ2) is 12.7. The van der Waals surface area contributed by atoms with Crippen molar-refractivity contribution in [2.45, 2.75) is 0 Å². The molecule has 0 bridgehead atoms. The Hall–Kier alpha value is -9.48. The van der Waals surface area contributed by atoms with Crippen molar-refractivity contribution in [3.05, 3.63) is 199 Å². The van der Waals surface area contributed by atoms with Gasteiger partial charge in [-0.25, -0.2) is 4.85 Å². The Labute approximate surface area is 387 Å². The Morgan fingerprint density at radius 2 is 0.853 bits per heavy atom. The zero-order chi connectivity index (χ0) is 44.5. The largest absolute Gasteiger partial charge is 0.457 e. The van der Waals surface area contributed by atoms with Gasteiger partial charge in [-0.05, 0) is 152 Å². The van der Waals surface area contributed by atoms with Crippen LogP contribution in [0.1, 0.15) is 5.56 Å². The maximum atomic E-state index is 9.85. The zero-order valence-electron chi connectivity index (χ0n) is 36.0. The van der Waals surface area contributed by atoms with E-state index in [1.807, 2.05) is 36.4 Å². The summed E-state index contributed by atoms with van der Waals surface area (Å²) in [6.45, 7) is 7.75. The molecule has 0 N–H and O–H groups in total. The number of rotatable bonds is 2. The van der Waals surface area contributed by atoms with Crippen LogP contribution in [-0.4, -0.2) is 0 Å². The molecule has 4 nitrogen and oxygen atoms in total. The normalized spacial score (nSPS) is 12.4. The lowest BCUT2D eigenvalue weighted by Crippen LogP contribution is -1.92. The van der Waals surface area contributed by atoms with Crippen LogP contribution in [-0.2, 0) is 0 Å². The van der Waals surface area contributed by atoms with E-state index in [1.165, 1.54) is 76.8 Å². The monoisotopic (exact) mass is 858 g/mol. The predicted octanol–water partition coefficient (Wildman–Crippen LogP) is 18.3. The molecule has 0 saturated heterocycles. The molecule has 0 saturated carbocycles. The molecule has 308 valence electrons. The summed E-state index contributed by atoms with van der Waals surface area (Å²) >= 11 is 0. The molecule has 2 heterocycles. The van der Waals surface area contributed by atoms with E-state index < -0.39 is 0 Å². The minimum absolute atomic E-state index is 0.552. The molecule has 2 aliphatic rings. The standard InChI is InChI=1S/C64H30N2O2/c1-66-36-21-23-39-44-15-6-17-46(63(44)68-58(39)27-36)54-29-49-37(50-28-51-40-12-2-8-34-9-3-13-41(59(34)40)52(51)30-55(50)54)24-25-43-53(49)31-56-42-14-4-10-35-11-5-18-47(60(35)42)62(56)61(43)48-19-7-16-45-38-22-20-33(32-65)26-57(38)67-64(45)48/h2-31H. The molecule has 0 atom stereocenters. The van der Waals surface area contributed by atoms with E-state index in [-0.39, 0.29) is 0 Å². The highest BCUT2D eigenvalue weighted by molar-refractivity contribution is 6.31. The molecule has 0 amide bonds. The van der Waals surface area contributed by atoms with Crippen molar-refractivity contribution in [1.29, 1.82) is 5.26 Å². The van der Waals surface area contributed by atoms with Gasteiger partial charge in [-0.15, -0.1) is 0 Å². The van der Waals surface area contributed by atoms with Crippen LogP contribution in [0, 0.1) is 17.9 Å². The second-order valence-corrected chi connectivity index (χ2v) is 18.4. The topological polar surface area (TPSA) is 54.4 Å². The number of furan rings is 2. The van der Waals surface area contributed by atoms with Gasteiger partial charge in [0.05, 0.1) is 18.2 Å². The Balaban J connectivity index is 1.08. The fraction of sp³-hybridized carbons (Fsp3) is 0. The highest BCUT2D eigenvalue weighted by atomic mass is 16.3. The van der Waals surface area contributed by atoms with Gasteiger partial charge in [-0.1, -0.05) is 133 Å². The molecule has 16 rings (SSSR count). The van der Waals surface area contributed by atoms with Crippen LogP contribution in [0.2, 0.25) is 0 Å². The van der Waals surface area contributed by atoms with Crippen LogP contribution >= 0.6 is 0 Å². The maximum Gasteiger partial charge on any atom is 0.190 e. The number of nitrogens with zero attached hydrogens (tertiary/aromatic N) is 2. The van der Waals surface area contributed by atoms with Crippen molar-refractivity contribution in [3.8, 4) is 72.8 Å². The van der Waals surface area contributed by atoms with E-state index in [4.69, 9.17) is 15.4 Å². The number of fused-ring (bicyclic) bond motifs is 17. The number of para-hydroxylation sites is 2. The van der Waals surface area contributed by atoms with Crippen LogP contribution in [0.5, 0.6) is 0 Å². The number of hydrogen-bond donors (Lipinski definition) is 0. The number of benzene rings is 12. The first kappa shape index (κ1) is 35.8. The van der Waals surface area contributed by atoms with E-state index in [2.05, 4.69) is 157 Å². The summed E-state index contributed by atoms with van der Waals surface area (Å²) in [5.41, 5.74) is 18.2. The van der Waals surface area contributed by atoms with Crippen molar-refractivity contribution < 1.29 is 8.83 Å².